The lowest BCUT2D eigenvalue weighted by molar-refractivity contribution is 0.266. The SMILES string of the molecule is CCCCOc1c(F)c(F)c(C#Cc2ccccc2)c(F)c1F. The first-order valence-corrected chi connectivity index (χ1v) is 7.12. The molecule has 0 saturated heterocycles. The Hall–Kier alpha value is -2.48. The second kappa shape index (κ2) is 7.68. The average Bonchev–Trinajstić information content (AvgIpc) is 2.57. The zero-order chi connectivity index (χ0) is 16.8. The van der Waals surface area contributed by atoms with E-state index < -0.39 is 34.6 Å². The first-order valence-electron chi connectivity index (χ1n) is 7.12. The molecule has 0 aliphatic heterocycles. The predicted octanol–water partition coefficient (Wildman–Crippen LogP) is 4.82. The third kappa shape index (κ3) is 3.84. The zero-order valence-electron chi connectivity index (χ0n) is 12.4. The Kier molecular flexibility index (Phi) is 5.64. The molecule has 0 spiro atoms. The molecule has 23 heavy (non-hydrogen) atoms. The highest BCUT2D eigenvalue weighted by molar-refractivity contribution is 5.47. The summed E-state index contributed by atoms with van der Waals surface area (Å²) in [5.74, 6) is -2.70. The Morgan fingerprint density at radius 1 is 0.870 bits per heavy atom. The number of hydrogen-bond acceptors (Lipinski definition) is 1. The van der Waals surface area contributed by atoms with E-state index in [4.69, 9.17) is 4.74 Å². The zero-order valence-corrected chi connectivity index (χ0v) is 12.4. The molecule has 0 fully saturated rings. The summed E-state index contributed by atoms with van der Waals surface area (Å²) in [6.45, 7) is 1.82. The van der Waals surface area contributed by atoms with Gasteiger partial charge in [0.05, 0.1) is 6.61 Å². The average molecular weight is 322 g/mol. The smallest absolute Gasteiger partial charge is 0.205 e. The fourth-order valence-electron chi connectivity index (χ4n) is 1.82. The van der Waals surface area contributed by atoms with Gasteiger partial charge in [-0.2, -0.15) is 8.78 Å². The van der Waals surface area contributed by atoms with Crippen LogP contribution in [-0.2, 0) is 0 Å². The standard InChI is InChI=1S/C18H14F4O/c1-2-3-11-23-18-16(21)14(19)13(15(20)17(18)22)10-9-12-7-5-4-6-8-12/h4-8H,2-3,11H2,1H3. The van der Waals surface area contributed by atoms with Crippen molar-refractivity contribution in [2.45, 2.75) is 19.8 Å². The fraction of sp³-hybridized carbons (Fsp3) is 0.222. The lowest BCUT2D eigenvalue weighted by Gasteiger charge is -2.10. The maximum Gasteiger partial charge on any atom is 0.205 e. The molecule has 0 aliphatic rings. The maximum atomic E-state index is 14.0. The van der Waals surface area contributed by atoms with Crippen molar-refractivity contribution in [3.63, 3.8) is 0 Å². The summed E-state index contributed by atoms with van der Waals surface area (Å²) in [6.07, 6.45) is 1.23. The van der Waals surface area contributed by atoms with Gasteiger partial charge in [0.2, 0.25) is 11.6 Å². The van der Waals surface area contributed by atoms with Crippen molar-refractivity contribution in [2.24, 2.45) is 0 Å². The maximum absolute atomic E-state index is 14.0. The van der Waals surface area contributed by atoms with Gasteiger partial charge in [0.25, 0.3) is 0 Å². The second-order valence-electron chi connectivity index (χ2n) is 4.78. The molecule has 2 rings (SSSR count). The summed E-state index contributed by atoms with van der Waals surface area (Å²) in [5, 5.41) is 0. The van der Waals surface area contributed by atoms with Gasteiger partial charge in [-0.25, -0.2) is 8.78 Å². The third-order valence-corrected chi connectivity index (χ3v) is 3.07. The van der Waals surface area contributed by atoms with E-state index in [9.17, 15) is 17.6 Å². The molecule has 0 N–H and O–H groups in total. The van der Waals surface area contributed by atoms with E-state index in [0.29, 0.717) is 12.0 Å². The van der Waals surface area contributed by atoms with Crippen molar-refractivity contribution in [3.8, 4) is 17.6 Å². The highest BCUT2D eigenvalue weighted by Gasteiger charge is 2.25. The van der Waals surface area contributed by atoms with Crippen molar-refractivity contribution in [2.75, 3.05) is 6.61 Å². The van der Waals surface area contributed by atoms with Crippen LogP contribution in [0.1, 0.15) is 30.9 Å². The lowest BCUT2D eigenvalue weighted by Crippen LogP contribution is -2.07. The van der Waals surface area contributed by atoms with Crippen LogP contribution in [0.5, 0.6) is 5.75 Å². The molecule has 0 bridgehead atoms. The molecule has 2 aromatic carbocycles. The molecular formula is C18H14F4O. The predicted molar refractivity (Wildman–Crippen MR) is 79.1 cm³/mol. The molecule has 0 aliphatic carbocycles. The Bertz CT molecular complexity index is 716. The molecular weight excluding hydrogens is 308 g/mol. The first kappa shape index (κ1) is 16.9. The summed E-state index contributed by atoms with van der Waals surface area (Å²) in [7, 11) is 0. The topological polar surface area (TPSA) is 9.23 Å². The molecule has 2 aromatic rings. The molecule has 0 radical (unpaired) electrons. The van der Waals surface area contributed by atoms with Crippen LogP contribution in [0.3, 0.4) is 0 Å². The third-order valence-electron chi connectivity index (χ3n) is 3.07. The summed E-state index contributed by atoms with van der Waals surface area (Å²) in [6, 6.07) is 8.33. The number of unbranched alkanes of at least 4 members (excludes halogenated alkanes) is 1. The van der Waals surface area contributed by atoms with Crippen molar-refractivity contribution >= 4 is 0 Å². The fourth-order valence-corrected chi connectivity index (χ4v) is 1.82. The highest BCUT2D eigenvalue weighted by atomic mass is 19.2. The van der Waals surface area contributed by atoms with Gasteiger partial charge < -0.3 is 4.74 Å². The van der Waals surface area contributed by atoms with Gasteiger partial charge in [0.1, 0.15) is 5.56 Å². The van der Waals surface area contributed by atoms with Gasteiger partial charge in [-0.05, 0) is 18.6 Å². The Labute approximate surface area is 131 Å². The van der Waals surface area contributed by atoms with E-state index in [-0.39, 0.29) is 6.61 Å². The van der Waals surface area contributed by atoms with E-state index in [2.05, 4.69) is 11.8 Å². The van der Waals surface area contributed by atoms with E-state index >= 15 is 0 Å². The number of rotatable bonds is 4. The summed E-state index contributed by atoms with van der Waals surface area (Å²) >= 11 is 0. The molecule has 0 aromatic heterocycles. The Morgan fingerprint density at radius 3 is 2.04 bits per heavy atom. The quantitative estimate of drug-likeness (QED) is 0.339. The molecule has 1 nitrogen and oxygen atoms in total. The van der Waals surface area contributed by atoms with Gasteiger partial charge in [-0.15, -0.1) is 0 Å². The van der Waals surface area contributed by atoms with Crippen LogP contribution in [0.4, 0.5) is 17.6 Å². The molecule has 0 atom stereocenters. The minimum absolute atomic E-state index is 0.0295. The minimum Gasteiger partial charge on any atom is -0.487 e. The summed E-state index contributed by atoms with van der Waals surface area (Å²) in [5.41, 5.74) is -0.484. The second-order valence-corrected chi connectivity index (χ2v) is 4.78. The van der Waals surface area contributed by atoms with E-state index in [0.717, 1.165) is 6.42 Å². The van der Waals surface area contributed by atoms with Gasteiger partial charge in [0.15, 0.2) is 17.4 Å². The molecule has 0 unspecified atom stereocenters. The van der Waals surface area contributed by atoms with Crippen LogP contribution in [0.25, 0.3) is 0 Å². The van der Waals surface area contributed by atoms with Crippen molar-refractivity contribution in [1.82, 2.24) is 0 Å². The first-order chi connectivity index (χ1) is 11.1. The highest BCUT2D eigenvalue weighted by Crippen LogP contribution is 2.29. The van der Waals surface area contributed by atoms with Gasteiger partial charge in [-0.1, -0.05) is 43.4 Å². The Morgan fingerprint density at radius 2 is 1.48 bits per heavy atom. The Balaban J connectivity index is 2.41. The molecule has 0 heterocycles. The van der Waals surface area contributed by atoms with Crippen LogP contribution >= 0.6 is 0 Å². The monoisotopic (exact) mass is 322 g/mol. The van der Waals surface area contributed by atoms with Crippen molar-refractivity contribution in [1.29, 1.82) is 0 Å². The summed E-state index contributed by atoms with van der Waals surface area (Å²) < 4.78 is 60.5. The lowest BCUT2D eigenvalue weighted by atomic mass is 10.1. The summed E-state index contributed by atoms with van der Waals surface area (Å²) in [4.78, 5) is 0. The van der Waals surface area contributed by atoms with Crippen LogP contribution in [-0.4, -0.2) is 6.61 Å². The molecule has 0 saturated carbocycles. The van der Waals surface area contributed by atoms with Gasteiger partial charge >= 0.3 is 0 Å². The molecule has 120 valence electrons. The van der Waals surface area contributed by atoms with Crippen molar-refractivity contribution in [3.05, 3.63) is 64.7 Å². The largest absolute Gasteiger partial charge is 0.487 e. The normalized spacial score (nSPS) is 10.1. The van der Waals surface area contributed by atoms with Crippen molar-refractivity contribution < 1.29 is 22.3 Å². The van der Waals surface area contributed by atoms with E-state index in [1.807, 2.05) is 6.92 Å². The number of benzene rings is 2. The van der Waals surface area contributed by atoms with Crippen LogP contribution in [0, 0.1) is 35.1 Å². The minimum atomic E-state index is -1.57. The van der Waals surface area contributed by atoms with E-state index in [1.165, 1.54) is 0 Å². The van der Waals surface area contributed by atoms with Gasteiger partial charge in [0, 0.05) is 5.56 Å². The van der Waals surface area contributed by atoms with Crippen LogP contribution in [0.15, 0.2) is 30.3 Å². The van der Waals surface area contributed by atoms with E-state index in [1.54, 1.807) is 30.3 Å². The number of halogens is 4. The van der Waals surface area contributed by atoms with Crippen LogP contribution in [0.2, 0.25) is 0 Å². The molecule has 0 amide bonds. The number of hydrogen-bond donors (Lipinski definition) is 0. The molecule has 5 heteroatoms. The van der Waals surface area contributed by atoms with Crippen LogP contribution < -0.4 is 4.74 Å². The van der Waals surface area contributed by atoms with Gasteiger partial charge in [-0.3, -0.25) is 0 Å². The number of ether oxygens (including phenoxy) is 1.